The van der Waals surface area contributed by atoms with E-state index in [0.717, 1.165) is 30.4 Å². The van der Waals surface area contributed by atoms with E-state index in [-0.39, 0.29) is 6.04 Å². The Labute approximate surface area is 123 Å². The van der Waals surface area contributed by atoms with Crippen LogP contribution in [0.3, 0.4) is 0 Å². The van der Waals surface area contributed by atoms with Gasteiger partial charge in [-0.2, -0.15) is 0 Å². The van der Waals surface area contributed by atoms with E-state index < -0.39 is 0 Å². The van der Waals surface area contributed by atoms with Crippen LogP contribution in [0.25, 0.3) is 11.0 Å². The predicted molar refractivity (Wildman–Crippen MR) is 85.1 cm³/mol. The molecule has 0 saturated heterocycles. The fraction of sp³-hybridized carbons (Fsp3) is 0.312. The number of fused-ring (bicyclic) bond motifs is 1. The molecule has 1 unspecified atom stereocenters. The number of aryl methyl sites for hydroxylation is 1. The first-order valence-corrected chi connectivity index (χ1v) is 7.81. The molecule has 0 aliphatic heterocycles. The number of rotatable bonds is 5. The predicted octanol–water partition coefficient (Wildman–Crippen LogP) is 3.23. The molecule has 0 amide bonds. The summed E-state index contributed by atoms with van der Waals surface area (Å²) in [5, 5.41) is 0. The number of nitrogens with two attached hydrogens (primary N) is 1. The minimum Gasteiger partial charge on any atom is -0.329 e. The van der Waals surface area contributed by atoms with E-state index in [1.54, 1.807) is 0 Å². The molecule has 3 rings (SSSR count). The molecular formula is C16H19N3S. The minimum atomic E-state index is 0.121. The summed E-state index contributed by atoms with van der Waals surface area (Å²) in [5.41, 5.74) is 8.48. The molecule has 20 heavy (non-hydrogen) atoms. The van der Waals surface area contributed by atoms with Crippen LogP contribution in [0.2, 0.25) is 0 Å². The summed E-state index contributed by atoms with van der Waals surface area (Å²) in [7, 11) is 0. The number of para-hydroxylation sites is 2. The third-order valence-corrected chi connectivity index (χ3v) is 4.74. The first kappa shape index (κ1) is 13.3. The zero-order chi connectivity index (χ0) is 13.9. The fourth-order valence-electron chi connectivity index (χ4n) is 2.45. The zero-order valence-electron chi connectivity index (χ0n) is 11.6. The normalized spacial score (nSPS) is 12.9. The van der Waals surface area contributed by atoms with Gasteiger partial charge in [-0.05, 0) is 37.1 Å². The molecule has 0 fully saturated rings. The van der Waals surface area contributed by atoms with Gasteiger partial charge < -0.3 is 10.3 Å². The molecule has 2 N–H and O–H groups in total. The molecular weight excluding hydrogens is 266 g/mol. The maximum Gasteiger partial charge on any atom is 0.0958 e. The average Bonchev–Trinajstić information content (AvgIpc) is 3.06. The number of thiophene rings is 1. The quantitative estimate of drug-likeness (QED) is 0.782. The van der Waals surface area contributed by atoms with Crippen molar-refractivity contribution in [3.8, 4) is 0 Å². The lowest BCUT2D eigenvalue weighted by atomic mass is 10.2. The Morgan fingerprint density at radius 2 is 2.00 bits per heavy atom. The third kappa shape index (κ3) is 2.76. The lowest BCUT2D eigenvalue weighted by Gasteiger charge is -2.12. The number of aromatic nitrogens is 2. The van der Waals surface area contributed by atoms with Crippen molar-refractivity contribution >= 4 is 22.4 Å². The van der Waals surface area contributed by atoms with Crippen LogP contribution in [0, 0.1) is 0 Å². The summed E-state index contributed by atoms with van der Waals surface area (Å²) in [5.74, 6) is 0. The smallest absolute Gasteiger partial charge is 0.0958 e. The van der Waals surface area contributed by atoms with Crippen LogP contribution in [0.15, 0.2) is 42.7 Å². The van der Waals surface area contributed by atoms with Gasteiger partial charge in [0, 0.05) is 22.3 Å². The van der Waals surface area contributed by atoms with Gasteiger partial charge >= 0.3 is 0 Å². The molecule has 104 valence electrons. The van der Waals surface area contributed by atoms with Gasteiger partial charge in [0.1, 0.15) is 0 Å². The second kappa shape index (κ2) is 5.77. The first-order valence-electron chi connectivity index (χ1n) is 6.99. The van der Waals surface area contributed by atoms with Crippen LogP contribution in [-0.2, 0) is 19.4 Å². The van der Waals surface area contributed by atoms with Gasteiger partial charge in [0.15, 0.2) is 0 Å². The molecule has 0 aliphatic carbocycles. The lowest BCUT2D eigenvalue weighted by Crippen LogP contribution is -2.27. The van der Waals surface area contributed by atoms with Gasteiger partial charge in [0.05, 0.1) is 17.4 Å². The van der Waals surface area contributed by atoms with Crippen molar-refractivity contribution < 1.29 is 0 Å². The van der Waals surface area contributed by atoms with E-state index in [2.05, 4.69) is 34.7 Å². The van der Waals surface area contributed by atoms with Crippen LogP contribution >= 0.6 is 11.3 Å². The highest BCUT2D eigenvalue weighted by molar-refractivity contribution is 7.11. The third-order valence-electron chi connectivity index (χ3n) is 3.49. The van der Waals surface area contributed by atoms with E-state index in [1.165, 1.54) is 9.75 Å². The van der Waals surface area contributed by atoms with Crippen LogP contribution in [0.4, 0.5) is 0 Å². The number of imidazole rings is 1. The molecule has 1 atom stereocenters. The van der Waals surface area contributed by atoms with Gasteiger partial charge in [0.25, 0.3) is 0 Å². The topological polar surface area (TPSA) is 43.8 Å². The highest BCUT2D eigenvalue weighted by Crippen LogP contribution is 2.19. The van der Waals surface area contributed by atoms with Crippen LogP contribution in [0.5, 0.6) is 0 Å². The van der Waals surface area contributed by atoms with Crippen molar-refractivity contribution in [3.05, 3.63) is 52.5 Å². The highest BCUT2D eigenvalue weighted by atomic mass is 32.1. The van der Waals surface area contributed by atoms with Crippen LogP contribution < -0.4 is 5.73 Å². The Bertz CT molecular complexity index is 698. The molecule has 2 aromatic heterocycles. The Balaban J connectivity index is 1.70. The summed E-state index contributed by atoms with van der Waals surface area (Å²) >= 11 is 1.87. The van der Waals surface area contributed by atoms with E-state index in [4.69, 9.17) is 5.73 Å². The zero-order valence-corrected chi connectivity index (χ0v) is 12.4. The molecule has 0 spiro atoms. The van der Waals surface area contributed by atoms with Gasteiger partial charge in [-0.25, -0.2) is 4.98 Å². The molecule has 0 saturated carbocycles. The first-order chi connectivity index (χ1) is 9.76. The Kier molecular flexibility index (Phi) is 3.85. The van der Waals surface area contributed by atoms with Crippen molar-refractivity contribution in [3.63, 3.8) is 0 Å². The monoisotopic (exact) mass is 285 g/mol. The second-order valence-corrected chi connectivity index (χ2v) is 6.32. The molecule has 2 heterocycles. The molecule has 1 aromatic carbocycles. The minimum absolute atomic E-state index is 0.121. The van der Waals surface area contributed by atoms with Gasteiger partial charge in [-0.1, -0.05) is 19.1 Å². The van der Waals surface area contributed by atoms with Crippen molar-refractivity contribution in [2.45, 2.75) is 32.4 Å². The maximum absolute atomic E-state index is 6.30. The molecule has 0 radical (unpaired) electrons. The maximum atomic E-state index is 6.30. The van der Waals surface area contributed by atoms with Crippen molar-refractivity contribution in [1.29, 1.82) is 0 Å². The fourth-order valence-corrected chi connectivity index (χ4v) is 3.50. The average molecular weight is 285 g/mol. The van der Waals surface area contributed by atoms with E-state index in [0.29, 0.717) is 0 Å². The molecule has 4 heteroatoms. The summed E-state index contributed by atoms with van der Waals surface area (Å²) < 4.78 is 2.15. The second-order valence-electron chi connectivity index (χ2n) is 5.07. The molecule has 3 aromatic rings. The molecule has 3 nitrogen and oxygen atoms in total. The van der Waals surface area contributed by atoms with Crippen molar-refractivity contribution in [1.82, 2.24) is 9.55 Å². The highest BCUT2D eigenvalue weighted by Gasteiger charge is 2.09. The van der Waals surface area contributed by atoms with Gasteiger partial charge in [0.2, 0.25) is 0 Å². The lowest BCUT2D eigenvalue weighted by molar-refractivity contribution is 0.562. The summed E-state index contributed by atoms with van der Waals surface area (Å²) in [6.45, 7) is 2.99. The Morgan fingerprint density at radius 1 is 1.20 bits per heavy atom. The van der Waals surface area contributed by atoms with Crippen molar-refractivity contribution in [2.24, 2.45) is 5.73 Å². The van der Waals surface area contributed by atoms with Gasteiger partial charge in [-0.15, -0.1) is 11.3 Å². The van der Waals surface area contributed by atoms with Crippen molar-refractivity contribution in [2.75, 3.05) is 0 Å². The Hall–Kier alpha value is -1.65. The van der Waals surface area contributed by atoms with Crippen LogP contribution in [0.1, 0.15) is 16.7 Å². The molecule has 0 bridgehead atoms. The number of benzene rings is 1. The number of nitrogens with zero attached hydrogens (tertiary/aromatic N) is 2. The van der Waals surface area contributed by atoms with Crippen LogP contribution in [-0.4, -0.2) is 15.6 Å². The summed E-state index contributed by atoms with van der Waals surface area (Å²) in [4.78, 5) is 7.21. The summed E-state index contributed by atoms with van der Waals surface area (Å²) in [6.07, 6.45) is 3.92. The Morgan fingerprint density at radius 3 is 2.80 bits per heavy atom. The largest absolute Gasteiger partial charge is 0.329 e. The number of hydrogen-bond donors (Lipinski definition) is 1. The van der Waals surface area contributed by atoms with E-state index in [1.807, 2.05) is 35.9 Å². The van der Waals surface area contributed by atoms with E-state index in [9.17, 15) is 0 Å². The standard InChI is InChI=1S/C16H19N3S/c1-2-13-7-8-14(20-13)9-12(17)10-19-11-18-15-5-3-4-6-16(15)19/h3-8,11-12H,2,9-10,17H2,1H3. The van der Waals surface area contributed by atoms with E-state index >= 15 is 0 Å². The SMILES string of the molecule is CCc1ccc(CC(N)Cn2cnc3ccccc32)s1. The summed E-state index contributed by atoms with van der Waals surface area (Å²) in [6, 6.07) is 12.7. The van der Waals surface area contributed by atoms with Gasteiger partial charge in [-0.3, -0.25) is 0 Å². The molecule has 0 aliphatic rings. The number of hydrogen-bond acceptors (Lipinski definition) is 3.